The van der Waals surface area contributed by atoms with E-state index in [9.17, 15) is 9.59 Å². The highest BCUT2D eigenvalue weighted by Gasteiger charge is 2.14. The van der Waals surface area contributed by atoms with Gasteiger partial charge in [0.2, 0.25) is 0 Å². The van der Waals surface area contributed by atoms with Gasteiger partial charge in [0.1, 0.15) is 5.82 Å². The van der Waals surface area contributed by atoms with Crippen LogP contribution in [0.2, 0.25) is 0 Å². The Bertz CT molecular complexity index is 911. The molecule has 138 valence electrons. The molecule has 2 aromatic carbocycles. The van der Waals surface area contributed by atoms with Gasteiger partial charge in [-0.3, -0.25) is 9.59 Å². The number of benzene rings is 2. The fourth-order valence-corrected chi connectivity index (χ4v) is 3.22. The Morgan fingerprint density at radius 1 is 1.00 bits per heavy atom. The fraction of sp³-hybridized carbons (Fsp3) is 0.200. The first-order valence-electron chi connectivity index (χ1n) is 8.44. The zero-order valence-corrected chi connectivity index (χ0v) is 15.7. The van der Waals surface area contributed by atoms with Gasteiger partial charge in [0.15, 0.2) is 17.5 Å². The lowest BCUT2D eigenvalue weighted by Crippen LogP contribution is -2.16. The molecule has 3 rings (SSSR count). The highest BCUT2D eigenvalue weighted by molar-refractivity contribution is 7.99. The zero-order valence-electron chi connectivity index (χ0n) is 14.9. The molecule has 0 radical (unpaired) electrons. The summed E-state index contributed by atoms with van der Waals surface area (Å²) in [6, 6.07) is 18.7. The minimum atomic E-state index is -0.462. The van der Waals surface area contributed by atoms with E-state index in [0.29, 0.717) is 17.3 Å². The Morgan fingerprint density at radius 3 is 2.37 bits per heavy atom. The third kappa shape index (κ3) is 5.27. The van der Waals surface area contributed by atoms with Gasteiger partial charge in [-0.15, -0.1) is 10.2 Å². The van der Waals surface area contributed by atoms with Crippen LogP contribution in [0.15, 0.2) is 65.8 Å². The summed E-state index contributed by atoms with van der Waals surface area (Å²) in [5.74, 6) is 0.150. The normalized spacial score (nSPS) is 10.6. The summed E-state index contributed by atoms with van der Waals surface area (Å²) in [7, 11) is 0. The topological polar surface area (TPSA) is 74.1 Å². The minimum Gasteiger partial charge on any atom is -0.457 e. The number of ketones is 1. The van der Waals surface area contributed by atoms with Crippen molar-refractivity contribution in [3.63, 3.8) is 0 Å². The third-order valence-electron chi connectivity index (χ3n) is 3.86. The second-order valence-electron chi connectivity index (χ2n) is 5.84. The molecule has 0 aliphatic carbocycles. The van der Waals surface area contributed by atoms with Gasteiger partial charge in [-0.1, -0.05) is 72.4 Å². The summed E-state index contributed by atoms with van der Waals surface area (Å²) in [6.45, 7) is 2.24. The van der Waals surface area contributed by atoms with E-state index in [1.54, 1.807) is 24.3 Å². The molecule has 1 aromatic heterocycles. The first kappa shape index (κ1) is 18.8. The first-order valence-corrected chi connectivity index (χ1v) is 9.42. The molecule has 0 unspecified atom stereocenters. The highest BCUT2D eigenvalue weighted by Crippen LogP contribution is 2.18. The van der Waals surface area contributed by atoms with Crippen molar-refractivity contribution >= 4 is 23.5 Å². The van der Waals surface area contributed by atoms with Crippen molar-refractivity contribution in [1.82, 2.24) is 14.8 Å². The lowest BCUT2D eigenvalue weighted by molar-refractivity contribution is -0.139. The molecule has 1 heterocycles. The summed E-state index contributed by atoms with van der Waals surface area (Å²) in [4.78, 5) is 23.9. The van der Waals surface area contributed by atoms with Crippen LogP contribution in [0.25, 0.3) is 0 Å². The molecular weight excluding hydrogens is 362 g/mol. The van der Waals surface area contributed by atoms with Crippen molar-refractivity contribution in [2.24, 2.45) is 0 Å². The molecule has 0 saturated carbocycles. The lowest BCUT2D eigenvalue weighted by Gasteiger charge is -2.08. The Balaban J connectivity index is 1.53. The summed E-state index contributed by atoms with van der Waals surface area (Å²) < 4.78 is 7.02. The maximum absolute atomic E-state index is 12.0. The molecular formula is C20H19N3O3S. The van der Waals surface area contributed by atoms with Crippen molar-refractivity contribution in [3.05, 3.63) is 77.6 Å². The number of aromatic nitrogens is 3. The largest absolute Gasteiger partial charge is 0.457 e. The summed E-state index contributed by atoms with van der Waals surface area (Å²) in [5.41, 5.74) is 1.65. The number of esters is 1. The Morgan fingerprint density at radius 2 is 1.67 bits per heavy atom. The number of nitrogens with zero attached hydrogens (tertiary/aromatic N) is 3. The van der Waals surface area contributed by atoms with Crippen LogP contribution in [0.5, 0.6) is 0 Å². The van der Waals surface area contributed by atoms with Crippen molar-refractivity contribution < 1.29 is 14.3 Å². The van der Waals surface area contributed by atoms with Crippen molar-refractivity contribution in [3.8, 4) is 0 Å². The van der Waals surface area contributed by atoms with Crippen molar-refractivity contribution in [2.45, 2.75) is 18.6 Å². The Hall–Kier alpha value is -2.93. The monoisotopic (exact) mass is 381 g/mol. The number of Topliss-reactive ketones (excluding diaryl/α,β-unsaturated/α-hetero) is 1. The number of hydrogen-bond acceptors (Lipinski definition) is 6. The Labute approximate surface area is 161 Å². The van der Waals surface area contributed by atoms with Gasteiger partial charge in [0.05, 0.1) is 12.3 Å². The van der Waals surface area contributed by atoms with Crippen LogP contribution >= 0.6 is 11.8 Å². The van der Waals surface area contributed by atoms with E-state index in [0.717, 1.165) is 11.4 Å². The van der Waals surface area contributed by atoms with Crippen LogP contribution in [0.4, 0.5) is 0 Å². The second kappa shape index (κ2) is 9.14. The third-order valence-corrected chi connectivity index (χ3v) is 4.80. The number of ether oxygens (including phenoxy) is 1. The van der Waals surface area contributed by atoms with E-state index < -0.39 is 5.97 Å². The number of thioether (sulfide) groups is 1. The molecule has 0 aliphatic rings. The van der Waals surface area contributed by atoms with Crippen LogP contribution < -0.4 is 0 Å². The summed E-state index contributed by atoms with van der Waals surface area (Å²) >= 11 is 1.25. The summed E-state index contributed by atoms with van der Waals surface area (Å²) in [6.07, 6.45) is 0. The maximum Gasteiger partial charge on any atom is 0.316 e. The molecule has 0 atom stereocenters. The number of carbonyl (C=O) groups excluding carboxylic acids is 2. The van der Waals surface area contributed by atoms with Gasteiger partial charge in [0.25, 0.3) is 0 Å². The fourth-order valence-electron chi connectivity index (χ4n) is 2.43. The van der Waals surface area contributed by atoms with E-state index in [1.165, 1.54) is 11.8 Å². The quantitative estimate of drug-likeness (QED) is 0.339. The Kier molecular flexibility index (Phi) is 6.38. The van der Waals surface area contributed by atoms with Crippen LogP contribution in [-0.2, 0) is 16.1 Å². The molecule has 0 saturated heterocycles. The number of hydrogen-bond donors (Lipinski definition) is 0. The molecule has 3 aromatic rings. The number of carbonyl (C=O) groups is 2. The maximum atomic E-state index is 12.0. The predicted octanol–water partition coefficient (Wildman–Crippen LogP) is 3.15. The summed E-state index contributed by atoms with van der Waals surface area (Å²) in [5, 5.41) is 8.86. The van der Waals surface area contributed by atoms with Crippen LogP contribution in [0.3, 0.4) is 0 Å². The van der Waals surface area contributed by atoms with Gasteiger partial charge in [-0.2, -0.15) is 0 Å². The van der Waals surface area contributed by atoms with Crippen molar-refractivity contribution in [1.29, 1.82) is 0 Å². The molecule has 0 amide bonds. The van der Waals surface area contributed by atoms with Crippen molar-refractivity contribution in [2.75, 3.05) is 12.4 Å². The molecule has 0 fully saturated rings. The zero-order chi connectivity index (χ0) is 19.1. The van der Waals surface area contributed by atoms with Crippen LogP contribution in [-0.4, -0.2) is 38.9 Å². The second-order valence-corrected chi connectivity index (χ2v) is 6.78. The number of rotatable bonds is 8. The molecule has 0 aliphatic heterocycles. The first-order chi connectivity index (χ1) is 13.1. The lowest BCUT2D eigenvalue weighted by atomic mass is 10.1. The molecule has 6 nitrogen and oxygen atoms in total. The molecule has 27 heavy (non-hydrogen) atoms. The van der Waals surface area contributed by atoms with E-state index in [4.69, 9.17) is 4.74 Å². The van der Waals surface area contributed by atoms with E-state index in [1.807, 2.05) is 47.9 Å². The van der Waals surface area contributed by atoms with E-state index in [-0.39, 0.29) is 18.1 Å². The number of aryl methyl sites for hydroxylation is 1. The van der Waals surface area contributed by atoms with Gasteiger partial charge in [0, 0.05) is 5.56 Å². The smallest absolute Gasteiger partial charge is 0.316 e. The van der Waals surface area contributed by atoms with Gasteiger partial charge >= 0.3 is 5.97 Å². The van der Waals surface area contributed by atoms with E-state index >= 15 is 0 Å². The highest BCUT2D eigenvalue weighted by atomic mass is 32.2. The van der Waals surface area contributed by atoms with Crippen LogP contribution in [0.1, 0.15) is 21.7 Å². The molecule has 0 spiro atoms. The van der Waals surface area contributed by atoms with Gasteiger partial charge < -0.3 is 9.30 Å². The molecule has 0 bridgehead atoms. The van der Waals surface area contributed by atoms with Gasteiger partial charge in [-0.25, -0.2) is 0 Å². The standard InChI is InChI=1S/C20H19N3O3S/c1-15-21-22-20(23(15)12-16-8-4-2-5-9-16)27-14-19(25)26-13-18(24)17-10-6-3-7-11-17/h2-11H,12-14H2,1H3. The predicted molar refractivity (Wildman–Crippen MR) is 103 cm³/mol. The average Bonchev–Trinajstić information content (AvgIpc) is 3.05. The minimum absolute atomic E-state index is 0.0645. The van der Waals surface area contributed by atoms with E-state index in [2.05, 4.69) is 10.2 Å². The SMILES string of the molecule is Cc1nnc(SCC(=O)OCC(=O)c2ccccc2)n1Cc1ccccc1. The molecule has 0 N–H and O–H groups in total. The van der Waals surface area contributed by atoms with Crippen LogP contribution in [0, 0.1) is 6.92 Å². The van der Waals surface area contributed by atoms with Gasteiger partial charge in [-0.05, 0) is 12.5 Å². The molecule has 7 heteroatoms. The average molecular weight is 381 g/mol.